The molecule has 3 N–H and O–H groups in total. The van der Waals surface area contributed by atoms with Crippen molar-refractivity contribution in [3.63, 3.8) is 0 Å². The van der Waals surface area contributed by atoms with Gasteiger partial charge in [-0.3, -0.25) is 16.3 Å². The molecule has 20 heavy (non-hydrogen) atoms. The summed E-state index contributed by atoms with van der Waals surface area (Å²) in [5.74, 6) is 6.50. The summed E-state index contributed by atoms with van der Waals surface area (Å²) in [5.41, 5.74) is 4.76. The van der Waals surface area contributed by atoms with Gasteiger partial charge >= 0.3 is 0 Å². The van der Waals surface area contributed by atoms with Gasteiger partial charge < -0.3 is 4.74 Å². The van der Waals surface area contributed by atoms with E-state index in [0.29, 0.717) is 6.42 Å². The van der Waals surface area contributed by atoms with E-state index in [2.05, 4.69) is 42.3 Å². The van der Waals surface area contributed by atoms with Crippen LogP contribution in [-0.2, 0) is 6.42 Å². The second-order valence-electron chi connectivity index (χ2n) is 4.28. The number of hydrazine groups is 1. The van der Waals surface area contributed by atoms with Gasteiger partial charge in [0.25, 0.3) is 0 Å². The molecule has 1 aromatic carbocycles. The lowest BCUT2D eigenvalue weighted by atomic mass is 10.0. The Morgan fingerprint density at radius 2 is 2.00 bits per heavy atom. The molecule has 1 aromatic heterocycles. The number of hydrogen-bond acceptors (Lipinski definition) is 4. The molecule has 1 unspecified atom stereocenters. The Hall–Kier alpha value is -0.950. The van der Waals surface area contributed by atoms with E-state index in [9.17, 15) is 0 Å². The van der Waals surface area contributed by atoms with Crippen LogP contribution >= 0.6 is 31.9 Å². The second-order valence-corrected chi connectivity index (χ2v) is 6.11. The third-order valence-corrected chi connectivity index (χ3v) is 3.94. The van der Waals surface area contributed by atoms with Crippen molar-refractivity contribution in [1.29, 1.82) is 0 Å². The summed E-state index contributed by atoms with van der Waals surface area (Å²) in [5, 5.41) is 0. The summed E-state index contributed by atoms with van der Waals surface area (Å²) < 4.78 is 7.33. The summed E-state index contributed by atoms with van der Waals surface area (Å²) in [7, 11) is 1.66. The van der Waals surface area contributed by atoms with Crippen LogP contribution in [0, 0.1) is 0 Å². The number of nitrogens with two attached hydrogens (primary N) is 1. The molecule has 0 aliphatic carbocycles. The first-order valence-electron chi connectivity index (χ1n) is 6.04. The fourth-order valence-electron chi connectivity index (χ4n) is 1.97. The predicted molar refractivity (Wildman–Crippen MR) is 86.4 cm³/mol. The number of rotatable bonds is 5. The zero-order chi connectivity index (χ0) is 14.5. The van der Waals surface area contributed by atoms with Crippen LogP contribution < -0.4 is 16.0 Å². The van der Waals surface area contributed by atoms with Crippen molar-refractivity contribution in [1.82, 2.24) is 10.4 Å². The Bertz CT molecular complexity index is 575. The molecule has 1 atom stereocenters. The lowest BCUT2D eigenvalue weighted by Gasteiger charge is -2.17. The monoisotopic (exact) mass is 399 g/mol. The Morgan fingerprint density at radius 3 is 2.60 bits per heavy atom. The lowest BCUT2D eigenvalue weighted by Crippen LogP contribution is -2.30. The van der Waals surface area contributed by atoms with Gasteiger partial charge in [-0.05, 0) is 58.2 Å². The van der Waals surface area contributed by atoms with Crippen LogP contribution in [0.1, 0.15) is 17.3 Å². The van der Waals surface area contributed by atoms with Crippen molar-refractivity contribution < 1.29 is 4.74 Å². The molecular formula is C14H15Br2N3O. The van der Waals surface area contributed by atoms with Crippen molar-refractivity contribution >= 4 is 31.9 Å². The van der Waals surface area contributed by atoms with Crippen molar-refractivity contribution in [2.45, 2.75) is 12.5 Å². The average Bonchev–Trinajstić information content (AvgIpc) is 2.46. The van der Waals surface area contributed by atoms with Gasteiger partial charge in [0, 0.05) is 15.1 Å². The molecule has 0 bridgehead atoms. The molecule has 2 aromatic rings. The van der Waals surface area contributed by atoms with Gasteiger partial charge in [0.05, 0.1) is 18.8 Å². The Kier molecular flexibility index (Phi) is 5.54. The molecule has 0 saturated carbocycles. The molecule has 0 aliphatic rings. The van der Waals surface area contributed by atoms with E-state index in [0.717, 1.165) is 26.0 Å². The van der Waals surface area contributed by atoms with E-state index in [-0.39, 0.29) is 6.04 Å². The molecule has 1 heterocycles. The van der Waals surface area contributed by atoms with Crippen molar-refractivity contribution in [3.8, 4) is 5.75 Å². The molecule has 0 radical (unpaired) electrons. The molecule has 0 spiro atoms. The van der Waals surface area contributed by atoms with E-state index in [1.54, 1.807) is 13.3 Å². The quantitative estimate of drug-likeness (QED) is 0.596. The smallest absolute Gasteiger partial charge is 0.122 e. The van der Waals surface area contributed by atoms with Gasteiger partial charge in [-0.25, -0.2) is 0 Å². The van der Waals surface area contributed by atoms with Crippen molar-refractivity contribution in [2.24, 2.45) is 5.84 Å². The first kappa shape index (κ1) is 15.4. The van der Waals surface area contributed by atoms with Crippen LogP contribution in [0.15, 0.2) is 45.5 Å². The minimum Gasteiger partial charge on any atom is -0.496 e. The molecule has 6 heteroatoms. The maximum atomic E-state index is 5.67. The molecule has 106 valence electrons. The van der Waals surface area contributed by atoms with Crippen LogP contribution in [0.25, 0.3) is 0 Å². The zero-order valence-electron chi connectivity index (χ0n) is 10.9. The standard InChI is InChI=1S/C14H15Br2N3O/c1-20-14-5-3-10(15)6-9(14)7-13(19-17)12-4-2-11(16)8-18-12/h2-6,8,13,19H,7,17H2,1H3. The number of methoxy groups -OCH3 is 1. The highest BCUT2D eigenvalue weighted by Crippen LogP contribution is 2.27. The van der Waals surface area contributed by atoms with Crippen LogP contribution in [0.2, 0.25) is 0 Å². The fraction of sp³-hybridized carbons (Fsp3) is 0.214. The Balaban J connectivity index is 2.26. The van der Waals surface area contributed by atoms with E-state index in [4.69, 9.17) is 10.6 Å². The van der Waals surface area contributed by atoms with Gasteiger partial charge in [0.2, 0.25) is 0 Å². The van der Waals surface area contributed by atoms with Gasteiger partial charge in [0.1, 0.15) is 5.75 Å². The number of nitrogens with zero attached hydrogens (tertiary/aromatic N) is 1. The number of aromatic nitrogens is 1. The number of ether oxygens (including phenoxy) is 1. The maximum Gasteiger partial charge on any atom is 0.122 e. The maximum absolute atomic E-state index is 5.67. The van der Waals surface area contributed by atoms with Gasteiger partial charge in [-0.2, -0.15) is 0 Å². The molecule has 0 saturated heterocycles. The number of benzene rings is 1. The number of hydrogen-bond donors (Lipinski definition) is 2. The topological polar surface area (TPSA) is 60.2 Å². The number of nitrogens with one attached hydrogen (secondary N) is 1. The molecular weight excluding hydrogens is 386 g/mol. The Morgan fingerprint density at radius 1 is 1.25 bits per heavy atom. The van der Waals surface area contributed by atoms with Crippen molar-refractivity contribution in [3.05, 3.63) is 56.7 Å². The van der Waals surface area contributed by atoms with Gasteiger partial charge in [0.15, 0.2) is 0 Å². The SMILES string of the molecule is COc1ccc(Br)cc1CC(NN)c1ccc(Br)cn1. The van der Waals surface area contributed by atoms with Crippen LogP contribution in [0.4, 0.5) is 0 Å². The lowest BCUT2D eigenvalue weighted by molar-refractivity contribution is 0.405. The summed E-state index contributed by atoms with van der Waals surface area (Å²) in [6.07, 6.45) is 2.45. The highest BCUT2D eigenvalue weighted by atomic mass is 79.9. The first-order chi connectivity index (χ1) is 9.63. The first-order valence-corrected chi connectivity index (χ1v) is 7.62. The molecule has 0 aliphatic heterocycles. The third-order valence-electron chi connectivity index (χ3n) is 2.97. The van der Waals surface area contributed by atoms with Gasteiger partial charge in [-0.15, -0.1) is 0 Å². The van der Waals surface area contributed by atoms with Crippen LogP contribution in [0.3, 0.4) is 0 Å². The highest BCUT2D eigenvalue weighted by molar-refractivity contribution is 9.10. The largest absolute Gasteiger partial charge is 0.496 e. The van der Waals surface area contributed by atoms with Crippen LogP contribution in [0.5, 0.6) is 5.75 Å². The van der Waals surface area contributed by atoms with Crippen molar-refractivity contribution in [2.75, 3.05) is 7.11 Å². The number of pyridine rings is 1. The van der Waals surface area contributed by atoms with Gasteiger partial charge in [-0.1, -0.05) is 15.9 Å². The molecule has 4 nitrogen and oxygen atoms in total. The molecule has 2 rings (SSSR count). The minimum atomic E-state index is -0.0775. The van der Waals surface area contributed by atoms with E-state index >= 15 is 0 Å². The molecule has 0 fully saturated rings. The minimum absolute atomic E-state index is 0.0775. The normalized spacial score (nSPS) is 12.2. The third kappa shape index (κ3) is 3.79. The zero-order valence-corrected chi connectivity index (χ0v) is 14.1. The molecule has 0 amide bonds. The highest BCUT2D eigenvalue weighted by Gasteiger charge is 2.15. The summed E-state index contributed by atoms with van der Waals surface area (Å²) >= 11 is 6.85. The summed E-state index contributed by atoms with van der Waals surface area (Å²) in [4.78, 5) is 4.38. The second kappa shape index (κ2) is 7.17. The van der Waals surface area contributed by atoms with E-state index in [1.165, 1.54) is 0 Å². The van der Waals surface area contributed by atoms with E-state index in [1.807, 2.05) is 30.3 Å². The fourth-order valence-corrected chi connectivity index (χ4v) is 2.61. The van der Waals surface area contributed by atoms with Crippen LogP contribution in [-0.4, -0.2) is 12.1 Å². The van der Waals surface area contributed by atoms with E-state index < -0.39 is 0 Å². The summed E-state index contributed by atoms with van der Waals surface area (Å²) in [6, 6.07) is 9.73. The summed E-state index contributed by atoms with van der Waals surface area (Å²) in [6.45, 7) is 0. The Labute approximate surface area is 135 Å². The number of halogens is 2. The average molecular weight is 401 g/mol. The predicted octanol–water partition coefficient (Wildman–Crippen LogP) is 3.36.